The van der Waals surface area contributed by atoms with Gasteiger partial charge in [0.25, 0.3) is 5.91 Å². The highest BCUT2D eigenvalue weighted by atomic mass is 16.3. The summed E-state index contributed by atoms with van der Waals surface area (Å²) in [6.45, 7) is 1.77. The number of aliphatic hydroxyl groups is 1. The Hall–Kier alpha value is -2.66. The third kappa shape index (κ3) is 2.21. The van der Waals surface area contributed by atoms with Crippen molar-refractivity contribution in [3.05, 3.63) is 71.8 Å². The zero-order valence-electron chi connectivity index (χ0n) is 12.8. The average molecular weight is 310 g/mol. The Bertz CT molecular complexity index is 676. The Balaban J connectivity index is 2.31. The highest BCUT2D eigenvalue weighted by molar-refractivity contribution is 6.09. The molecule has 2 N–H and O–H groups in total. The lowest BCUT2D eigenvalue weighted by molar-refractivity contribution is -0.128. The molecule has 1 aliphatic rings. The molecule has 1 heterocycles. The topological polar surface area (TPSA) is 69.6 Å². The predicted octanol–water partition coefficient (Wildman–Crippen LogP) is 2.21. The molecule has 3 amide bonds. The highest BCUT2D eigenvalue weighted by Gasteiger charge is 2.57. The molecule has 23 heavy (non-hydrogen) atoms. The molecule has 1 atom stereocenters. The van der Waals surface area contributed by atoms with Crippen molar-refractivity contribution in [1.29, 1.82) is 0 Å². The van der Waals surface area contributed by atoms with Gasteiger partial charge < -0.3 is 5.11 Å². The van der Waals surface area contributed by atoms with Gasteiger partial charge in [-0.1, -0.05) is 67.6 Å². The van der Waals surface area contributed by atoms with Crippen LogP contribution in [0.5, 0.6) is 0 Å². The van der Waals surface area contributed by atoms with Crippen molar-refractivity contribution >= 4 is 11.9 Å². The fourth-order valence-corrected chi connectivity index (χ4v) is 3.12. The van der Waals surface area contributed by atoms with Crippen LogP contribution in [0.15, 0.2) is 60.7 Å². The largest absolute Gasteiger partial charge is 0.373 e. The van der Waals surface area contributed by atoms with Crippen molar-refractivity contribution < 1.29 is 14.7 Å². The molecule has 0 spiro atoms. The van der Waals surface area contributed by atoms with Crippen LogP contribution in [-0.2, 0) is 10.3 Å². The Labute approximate surface area is 134 Å². The minimum Gasteiger partial charge on any atom is -0.373 e. The van der Waals surface area contributed by atoms with Gasteiger partial charge in [-0.25, -0.2) is 4.79 Å². The van der Waals surface area contributed by atoms with Crippen LogP contribution >= 0.6 is 0 Å². The number of nitrogens with zero attached hydrogens (tertiary/aromatic N) is 1. The van der Waals surface area contributed by atoms with Gasteiger partial charge in [-0.05, 0) is 17.5 Å². The second-order valence-electron chi connectivity index (χ2n) is 5.46. The van der Waals surface area contributed by atoms with Crippen molar-refractivity contribution in [3.63, 3.8) is 0 Å². The first-order chi connectivity index (χ1) is 11.1. The summed E-state index contributed by atoms with van der Waals surface area (Å²) in [5.74, 6) is -0.451. The van der Waals surface area contributed by atoms with E-state index < -0.39 is 23.7 Å². The fraction of sp³-hybridized carbons (Fsp3) is 0.222. The van der Waals surface area contributed by atoms with Crippen LogP contribution in [0, 0.1) is 0 Å². The monoisotopic (exact) mass is 310 g/mol. The Morgan fingerprint density at radius 3 is 1.91 bits per heavy atom. The third-order valence-electron chi connectivity index (χ3n) is 4.18. The summed E-state index contributed by atoms with van der Waals surface area (Å²) in [6.07, 6.45) is -0.746. The molecule has 0 bridgehead atoms. The van der Waals surface area contributed by atoms with E-state index in [2.05, 4.69) is 5.32 Å². The molecular weight excluding hydrogens is 292 g/mol. The van der Waals surface area contributed by atoms with Gasteiger partial charge in [0.2, 0.25) is 0 Å². The van der Waals surface area contributed by atoms with Crippen LogP contribution in [0.3, 0.4) is 0 Å². The van der Waals surface area contributed by atoms with E-state index >= 15 is 0 Å². The average Bonchev–Trinajstić information content (AvgIpc) is 2.87. The number of urea groups is 1. The van der Waals surface area contributed by atoms with Crippen LogP contribution in [0.2, 0.25) is 0 Å². The maximum absolute atomic E-state index is 12.9. The Kier molecular flexibility index (Phi) is 3.88. The van der Waals surface area contributed by atoms with E-state index in [0.717, 1.165) is 0 Å². The summed E-state index contributed by atoms with van der Waals surface area (Å²) in [5.41, 5.74) is -0.0845. The zero-order valence-corrected chi connectivity index (χ0v) is 12.8. The van der Waals surface area contributed by atoms with Gasteiger partial charge in [0.15, 0.2) is 5.54 Å². The van der Waals surface area contributed by atoms with Gasteiger partial charge in [0.05, 0.1) is 0 Å². The van der Waals surface area contributed by atoms with Crippen LogP contribution in [0.1, 0.15) is 24.5 Å². The summed E-state index contributed by atoms with van der Waals surface area (Å²) >= 11 is 0. The number of nitrogens with one attached hydrogen (secondary N) is 1. The van der Waals surface area contributed by atoms with Crippen molar-refractivity contribution in [2.75, 3.05) is 0 Å². The number of aliphatic hydroxyl groups excluding tert-OH is 1. The van der Waals surface area contributed by atoms with E-state index in [1.165, 1.54) is 4.90 Å². The number of carbonyl (C=O) groups excluding carboxylic acids is 2. The maximum Gasteiger partial charge on any atom is 0.327 e. The number of rotatable bonds is 4. The molecule has 1 fully saturated rings. The molecular formula is C18H18N2O3. The molecule has 0 radical (unpaired) electrons. The lowest BCUT2D eigenvalue weighted by Crippen LogP contribution is -2.52. The van der Waals surface area contributed by atoms with E-state index in [9.17, 15) is 14.7 Å². The normalized spacial score (nSPS) is 17.9. The number of amides is 3. The van der Waals surface area contributed by atoms with E-state index in [1.54, 1.807) is 31.2 Å². The minimum absolute atomic E-state index is 0.322. The van der Waals surface area contributed by atoms with Gasteiger partial charge in [-0.2, -0.15) is 0 Å². The van der Waals surface area contributed by atoms with Crippen LogP contribution in [0.4, 0.5) is 4.79 Å². The SMILES string of the molecule is CCC(O)N1C(=O)NC(=O)C1(c1ccccc1)c1ccccc1. The van der Waals surface area contributed by atoms with Gasteiger partial charge in [0.1, 0.15) is 6.23 Å². The van der Waals surface area contributed by atoms with Gasteiger partial charge in [-0.3, -0.25) is 15.0 Å². The summed E-state index contributed by atoms with van der Waals surface area (Å²) in [7, 11) is 0. The van der Waals surface area contributed by atoms with E-state index in [-0.39, 0.29) is 0 Å². The van der Waals surface area contributed by atoms with E-state index in [1.807, 2.05) is 36.4 Å². The van der Waals surface area contributed by atoms with Gasteiger partial charge in [-0.15, -0.1) is 0 Å². The summed E-state index contributed by atoms with van der Waals surface area (Å²) in [6, 6.07) is 17.5. The van der Waals surface area contributed by atoms with E-state index in [4.69, 9.17) is 0 Å². The number of carbonyl (C=O) groups is 2. The molecule has 5 nitrogen and oxygen atoms in total. The first-order valence-electron chi connectivity index (χ1n) is 7.56. The maximum atomic E-state index is 12.9. The first kappa shape index (κ1) is 15.2. The van der Waals surface area contributed by atoms with Gasteiger partial charge >= 0.3 is 6.03 Å². The fourth-order valence-electron chi connectivity index (χ4n) is 3.12. The summed E-state index contributed by atoms with van der Waals surface area (Å²) < 4.78 is 0. The molecule has 2 aromatic carbocycles. The Morgan fingerprint density at radius 1 is 1.00 bits per heavy atom. The van der Waals surface area contributed by atoms with Crippen LogP contribution in [0.25, 0.3) is 0 Å². The third-order valence-corrected chi connectivity index (χ3v) is 4.18. The second kappa shape index (κ2) is 5.85. The second-order valence-corrected chi connectivity index (χ2v) is 5.46. The van der Waals surface area contributed by atoms with Crippen LogP contribution in [-0.4, -0.2) is 28.2 Å². The molecule has 1 unspecified atom stereocenters. The van der Waals surface area contributed by atoms with Crippen molar-refractivity contribution in [2.24, 2.45) is 0 Å². The Morgan fingerprint density at radius 2 is 1.48 bits per heavy atom. The van der Waals surface area contributed by atoms with Crippen molar-refractivity contribution in [1.82, 2.24) is 10.2 Å². The first-order valence-corrected chi connectivity index (χ1v) is 7.56. The molecule has 0 aromatic heterocycles. The van der Waals surface area contributed by atoms with Gasteiger partial charge in [0, 0.05) is 0 Å². The smallest absolute Gasteiger partial charge is 0.327 e. The lowest BCUT2D eigenvalue weighted by atomic mass is 9.81. The molecule has 5 heteroatoms. The lowest BCUT2D eigenvalue weighted by Gasteiger charge is -2.38. The van der Waals surface area contributed by atoms with E-state index in [0.29, 0.717) is 17.5 Å². The molecule has 2 aromatic rings. The van der Waals surface area contributed by atoms with Crippen molar-refractivity contribution in [2.45, 2.75) is 25.1 Å². The molecule has 1 saturated heterocycles. The zero-order chi connectivity index (χ0) is 16.4. The van der Waals surface area contributed by atoms with Crippen molar-refractivity contribution in [3.8, 4) is 0 Å². The quantitative estimate of drug-likeness (QED) is 0.851. The molecule has 0 aliphatic carbocycles. The summed E-state index contributed by atoms with van der Waals surface area (Å²) in [5, 5.41) is 12.8. The van der Waals surface area contributed by atoms with Crippen LogP contribution < -0.4 is 5.32 Å². The number of hydrogen-bond donors (Lipinski definition) is 2. The summed E-state index contributed by atoms with van der Waals surface area (Å²) in [4.78, 5) is 26.5. The predicted molar refractivity (Wildman–Crippen MR) is 85.3 cm³/mol. The number of imide groups is 1. The standard InChI is InChI=1S/C18H18N2O3/c1-2-15(21)20-17(23)19-16(22)18(20,13-9-5-3-6-10-13)14-11-7-4-8-12-14/h3-12,15,21H,2H2,1H3,(H,19,22,23). The highest BCUT2D eigenvalue weighted by Crippen LogP contribution is 2.41. The minimum atomic E-state index is -1.37. The number of benzene rings is 2. The molecule has 118 valence electrons. The number of hydrogen-bond acceptors (Lipinski definition) is 3. The molecule has 0 saturated carbocycles. The molecule has 3 rings (SSSR count). The molecule has 1 aliphatic heterocycles.